The summed E-state index contributed by atoms with van der Waals surface area (Å²) in [6.07, 6.45) is 7.85. The number of hydrogen-bond acceptors (Lipinski definition) is 2. The zero-order chi connectivity index (χ0) is 18.6. The molecule has 4 rings (SSSR count). The molecule has 2 aliphatic carbocycles. The van der Waals surface area contributed by atoms with E-state index in [4.69, 9.17) is 4.74 Å². The van der Waals surface area contributed by atoms with E-state index >= 15 is 0 Å². The highest BCUT2D eigenvalue weighted by molar-refractivity contribution is 5.90. The van der Waals surface area contributed by atoms with Gasteiger partial charge in [-0.15, -0.1) is 0 Å². The Morgan fingerprint density at radius 2 is 1.37 bits per heavy atom. The molecule has 3 heteroatoms. The molecule has 0 spiro atoms. The minimum Gasteiger partial charge on any atom is -0.497 e. The molecule has 0 unspecified atom stereocenters. The van der Waals surface area contributed by atoms with Gasteiger partial charge < -0.3 is 10.1 Å². The van der Waals surface area contributed by atoms with E-state index in [1.807, 2.05) is 24.3 Å². The van der Waals surface area contributed by atoms with Crippen molar-refractivity contribution in [3.05, 3.63) is 59.7 Å². The van der Waals surface area contributed by atoms with Crippen molar-refractivity contribution < 1.29 is 9.53 Å². The molecule has 0 atom stereocenters. The molecule has 0 saturated heterocycles. The number of nitrogens with one attached hydrogen (secondary N) is 1. The third kappa shape index (κ3) is 4.71. The van der Waals surface area contributed by atoms with Crippen molar-refractivity contribution in [2.45, 2.75) is 56.8 Å². The molecule has 0 bridgehead atoms. The highest BCUT2D eigenvalue weighted by Crippen LogP contribution is 2.40. The molecule has 142 valence electrons. The molecular formula is C24H29NO2. The highest BCUT2D eigenvalue weighted by atomic mass is 16.5. The number of benzene rings is 2. The van der Waals surface area contributed by atoms with E-state index in [0.717, 1.165) is 30.2 Å². The summed E-state index contributed by atoms with van der Waals surface area (Å²) in [6.45, 7) is 0. The second kappa shape index (κ2) is 8.16. The molecular weight excluding hydrogens is 334 g/mol. The standard InChI is InChI=1S/C24H29NO2/c1-27-23-14-10-21(11-15-23)18-4-2-17(3-5-18)16-24(26)25-22-12-8-20(9-13-22)19-6-7-19/h8-15,17-19H,2-7,16H2,1H3,(H,25,26)/t17-,18-. The van der Waals surface area contributed by atoms with Crippen LogP contribution in [0, 0.1) is 5.92 Å². The van der Waals surface area contributed by atoms with Crippen molar-refractivity contribution in [2.75, 3.05) is 12.4 Å². The summed E-state index contributed by atoms with van der Waals surface area (Å²) in [7, 11) is 1.70. The summed E-state index contributed by atoms with van der Waals surface area (Å²) in [4.78, 5) is 12.4. The third-order valence-corrected chi connectivity index (χ3v) is 6.15. The smallest absolute Gasteiger partial charge is 0.224 e. The van der Waals surface area contributed by atoms with Crippen molar-refractivity contribution in [1.82, 2.24) is 0 Å². The van der Waals surface area contributed by atoms with E-state index < -0.39 is 0 Å². The first-order valence-electron chi connectivity index (χ1n) is 10.2. The van der Waals surface area contributed by atoms with Crippen molar-refractivity contribution in [3.8, 4) is 5.75 Å². The maximum absolute atomic E-state index is 12.4. The lowest BCUT2D eigenvalue weighted by atomic mass is 9.77. The first-order chi connectivity index (χ1) is 13.2. The van der Waals surface area contributed by atoms with Crippen molar-refractivity contribution in [2.24, 2.45) is 5.92 Å². The lowest BCUT2D eigenvalue weighted by molar-refractivity contribution is -0.117. The first kappa shape index (κ1) is 18.1. The average Bonchev–Trinajstić information content (AvgIpc) is 3.55. The van der Waals surface area contributed by atoms with Gasteiger partial charge in [-0.05, 0) is 91.7 Å². The van der Waals surface area contributed by atoms with E-state index in [-0.39, 0.29) is 5.91 Å². The Morgan fingerprint density at radius 3 is 1.89 bits per heavy atom. The summed E-state index contributed by atoms with van der Waals surface area (Å²) in [5.74, 6) is 2.95. The summed E-state index contributed by atoms with van der Waals surface area (Å²) < 4.78 is 5.24. The van der Waals surface area contributed by atoms with Crippen LogP contribution >= 0.6 is 0 Å². The summed E-state index contributed by atoms with van der Waals surface area (Å²) >= 11 is 0. The molecule has 0 aromatic heterocycles. The number of hydrogen-bond donors (Lipinski definition) is 1. The molecule has 0 aliphatic heterocycles. The molecule has 2 fully saturated rings. The van der Waals surface area contributed by atoms with Crippen LogP contribution < -0.4 is 10.1 Å². The number of methoxy groups -OCH3 is 1. The monoisotopic (exact) mass is 363 g/mol. The number of carbonyl (C=O) groups excluding carboxylic acids is 1. The number of ether oxygens (including phenoxy) is 1. The normalized spacial score (nSPS) is 22.3. The molecule has 1 amide bonds. The zero-order valence-corrected chi connectivity index (χ0v) is 16.1. The fourth-order valence-corrected chi connectivity index (χ4v) is 4.31. The predicted molar refractivity (Wildman–Crippen MR) is 109 cm³/mol. The third-order valence-electron chi connectivity index (χ3n) is 6.15. The molecule has 2 aromatic carbocycles. The highest BCUT2D eigenvalue weighted by Gasteiger charge is 2.25. The predicted octanol–water partition coefficient (Wildman–Crippen LogP) is 5.88. The van der Waals surface area contributed by atoms with Crippen molar-refractivity contribution in [3.63, 3.8) is 0 Å². The molecule has 0 heterocycles. The first-order valence-corrected chi connectivity index (χ1v) is 10.2. The number of anilines is 1. The van der Waals surface area contributed by atoms with E-state index in [1.165, 1.54) is 36.8 Å². The van der Waals surface area contributed by atoms with Gasteiger partial charge in [-0.3, -0.25) is 4.79 Å². The molecule has 2 aliphatic rings. The van der Waals surface area contributed by atoms with Crippen molar-refractivity contribution >= 4 is 11.6 Å². The topological polar surface area (TPSA) is 38.3 Å². The van der Waals surface area contributed by atoms with Gasteiger partial charge in [0.05, 0.1) is 7.11 Å². The van der Waals surface area contributed by atoms with E-state index in [1.54, 1.807) is 7.11 Å². The van der Waals surface area contributed by atoms with E-state index in [0.29, 0.717) is 18.3 Å². The largest absolute Gasteiger partial charge is 0.497 e. The summed E-state index contributed by atoms with van der Waals surface area (Å²) in [5.41, 5.74) is 3.73. The maximum atomic E-state index is 12.4. The van der Waals surface area contributed by atoms with Gasteiger partial charge in [0.25, 0.3) is 0 Å². The van der Waals surface area contributed by atoms with Crippen molar-refractivity contribution in [1.29, 1.82) is 0 Å². The Morgan fingerprint density at radius 1 is 0.852 bits per heavy atom. The van der Waals surface area contributed by atoms with Crippen LogP contribution in [0.3, 0.4) is 0 Å². The Kier molecular flexibility index (Phi) is 5.47. The molecule has 2 saturated carbocycles. The summed E-state index contributed by atoms with van der Waals surface area (Å²) in [5, 5.41) is 3.08. The number of amides is 1. The lowest BCUT2D eigenvalue weighted by Crippen LogP contribution is -2.20. The van der Waals surface area contributed by atoms with Gasteiger partial charge in [0, 0.05) is 12.1 Å². The minimum atomic E-state index is 0.155. The fourth-order valence-electron chi connectivity index (χ4n) is 4.31. The fraction of sp³-hybridized carbons (Fsp3) is 0.458. The van der Waals surface area contributed by atoms with Crippen LogP contribution in [0.2, 0.25) is 0 Å². The Bertz CT molecular complexity index is 754. The van der Waals surface area contributed by atoms with Crippen LogP contribution in [0.4, 0.5) is 5.69 Å². The van der Waals surface area contributed by atoms with Crippen LogP contribution in [-0.4, -0.2) is 13.0 Å². The maximum Gasteiger partial charge on any atom is 0.224 e. The van der Waals surface area contributed by atoms with E-state index in [2.05, 4.69) is 29.6 Å². The van der Waals surface area contributed by atoms with Gasteiger partial charge >= 0.3 is 0 Å². The minimum absolute atomic E-state index is 0.155. The summed E-state index contributed by atoms with van der Waals surface area (Å²) in [6, 6.07) is 16.9. The number of rotatable bonds is 6. The van der Waals surface area contributed by atoms with Crippen LogP contribution in [0.25, 0.3) is 0 Å². The molecule has 1 N–H and O–H groups in total. The van der Waals surface area contributed by atoms with Gasteiger partial charge in [0.15, 0.2) is 0 Å². The quantitative estimate of drug-likeness (QED) is 0.696. The van der Waals surface area contributed by atoms with Crippen LogP contribution in [-0.2, 0) is 4.79 Å². The zero-order valence-electron chi connectivity index (χ0n) is 16.1. The molecule has 0 radical (unpaired) electrons. The van der Waals surface area contributed by atoms with Crippen LogP contribution in [0.1, 0.15) is 67.9 Å². The Labute approximate surface area is 162 Å². The second-order valence-corrected chi connectivity index (χ2v) is 8.14. The van der Waals surface area contributed by atoms with E-state index in [9.17, 15) is 4.79 Å². The van der Waals surface area contributed by atoms with Gasteiger partial charge in [-0.2, -0.15) is 0 Å². The number of carbonyl (C=O) groups is 1. The average molecular weight is 364 g/mol. The van der Waals surface area contributed by atoms with Crippen LogP contribution in [0.15, 0.2) is 48.5 Å². The Balaban J connectivity index is 1.23. The molecule has 27 heavy (non-hydrogen) atoms. The Hall–Kier alpha value is -2.29. The molecule has 2 aromatic rings. The molecule has 3 nitrogen and oxygen atoms in total. The SMILES string of the molecule is COc1ccc([C@H]2CC[C@H](CC(=O)Nc3ccc(C4CC4)cc3)CC2)cc1. The van der Waals surface area contributed by atoms with Gasteiger partial charge in [-0.1, -0.05) is 24.3 Å². The van der Waals surface area contributed by atoms with Gasteiger partial charge in [-0.25, -0.2) is 0 Å². The van der Waals surface area contributed by atoms with Crippen LogP contribution in [0.5, 0.6) is 5.75 Å². The lowest BCUT2D eigenvalue weighted by Gasteiger charge is -2.28. The second-order valence-electron chi connectivity index (χ2n) is 8.14. The van der Waals surface area contributed by atoms with Gasteiger partial charge in [0.2, 0.25) is 5.91 Å². The van der Waals surface area contributed by atoms with Gasteiger partial charge in [0.1, 0.15) is 5.75 Å².